The Morgan fingerprint density at radius 3 is 2.24 bits per heavy atom. The quantitative estimate of drug-likeness (QED) is 0.806. The van der Waals surface area contributed by atoms with Crippen LogP contribution < -0.4 is 19.5 Å². The van der Waals surface area contributed by atoms with E-state index in [1.165, 1.54) is 21.3 Å². The molecule has 2 rings (SSSR count). The van der Waals surface area contributed by atoms with Gasteiger partial charge in [-0.1, -0.05) is 13.8 Å². The summed E-state index contributed by atoms with van der Waals surface area (Å²) in [7, 11) is 4.61. The Bertz CT molecular complexity index is 731. The highest BCUT2D eigenvalue weighted by atomic mass is 32.1. The monoisotopic (exact) mass is 364 g/mol. The van der Waals surface area contributed by atoms with Crippen LogP contribution in [0, 0.1) is 12.8 Å². The molecule has 0 saturated heterocycles. The van der Waals surface area contributed by atoms with Crippen LogP contribution in [0.5, 0.6) is 17.2 Å². The molecule has 0 unspecified atom stereocenters. The van der Waals surface area contributed by atoms with Crippen molar-refractivity contribution in [3.63, 3.8) is 0 Å². The molecule has 136 valence electrons. The Morgan fingerprint density at radius 2 is 1.76 bits per heavy atom. The lowest BCUT2D eigenvalue weighted by molar-refractivity contribution is 0.102. The number of hydrogen-bond acceptors (Lipinski definition) is 6. The highest BCUT2D eigenvalue weighted by Crippen LogP contribution is 2.40. The minimum Gasteiger partial charge on any atom is -0.493 e. The van der Waals surface area contributed by atoms with Crippen LogP contribution in [0.15, 0.2) is 12.1 Å². The second kappa shape index (κ2) is 8.20. The molecule has 0 saturated carbocycles. The first-order valence-corrected chi connectivity index (χ1v) is 8.78. The molecule has 6 nitrogen and oxygen atoms in total. The Hall–Kier alpha value is -2.28. The van der Waals surface area contributed by atoms with Gasteiger partial charge < -0.3 is 19.5 Å². The number of carbonyl (C=O) groups is 1. The number of anilines is 1. The highest BCUT2D eigenvalue weighted by molar-refractivity contribution is 7.11. The van der Waals surface area contributed by atoms with E-state index in [1.807, 2.05) is 6.92 Å². The van der Waals surface area contributed by atoms with Crippen LogP contribution in [-0.2, 0) is 6.42 Å². The molecule has 1 aromatic heterocycles. The third kappa shape index (κ3) is 4.42. The number of carbonyl (C=O) groups excluding carboxylic acids is 1. The topological polar surface area (TPSA) is 69.7 Å². The van der Waals surface area contributed by atoms with Crippen molar-refractivity contribution in [1.29, 1.82) is 0 Å². The first kappa shape index (κ1) is 19.1. The van der Waals surface area contributed by atoms with Crippen molar-refractivity contribution < 1.29 is 19.0 Å². The first-order valence-electron chi connectivity index (χ1n) is 7.97. The summed E-state index contributed by atoms with van der Waals surface area (Å²) in [5, 5.41) is 3.76. The van der Waals surface area contributed by atoms with Gasteiger partial charge in [-0.05, 0) is 19.3 Å². The number of amides is 1. The van der Waals surface area contributed by atoms with Crippen molar-refractivity contribution in [2.75, 3.05) is 26.6 Å². The third-order valence-corrected chi connectivity index (χ3v) is 4.53. The molecule has 0 fully saturated rings. The summed E-state index contributed by atoms with van der Waals surface area (Å²) in [5.74, 6) is 1.65. The van der Waals surface area contributed by atoms with E-state index in [4.69, 9.17) is 14.2 Å². The molecule has 0 bridgehead atoms. The van der Waals surface area contributed by atoms with E-state index < -0.39 is 0 Å². The Kier molecular flexibility index (Phi) is 6.25. The molecule has 1 heterocycles. The number of ether oxygens (including phenoxy) is 3. The molecule has 25 heavy (non-hydrogen) atoms. The van der Waals surface area contributed by atoms with Crippen LogP contribution >= 0.6 is 11.3 Å². The van der Waals surface area contributed by atoms with Crippen LogP contribution in [0.1, 0.15) is 34.2 Å². The Balaban J connectivity index is 2.32. The van der Waals surface area contributed by atoms with E-state index in [9.17, 15) is 4.79 Å². The minimum atomic E-state index is -0.241. The number of rotatable bonds is 7. The van der Waals surface area contributed by atoms with Gasteiger partial charge >= 0.3 is 0 Å². The molecule has 1 N–H and O–H groups in total. The van der Waals surface area contributed by atoms with Crippen LogP contribution in [-0.4, -0.2) is 32.2 Å². The van der Waals surface area contributed by atoms with Crippen LogP contribution in [0.4, 0.5) is 5.69 Å². The number of aromatic nitrogens is 1. The molecular weight excluding hydrogens is 340 g/mol. The summed E-state index contributed by atoms with van der Waals surface area (Å²) in [5.41, 5.74) is 1.03. The highest BCUT2D eigenvalue weighted by Gasteiger charge is 2.20. The molecule has 0 atom stereocenters. The van der Waals surface area contributed by atoms with Crippen molar-refractivity contribution in [2.45, 2.75) is 27.2 Å². The minimum absolute atomic E-state index is 0.241. The van der Waals surface area contributed by atoms with Crippen LogP contribution in [0.2, 0.25) is 0 Å². The number of aryl methyl sites for hydroxylation is 1. The summed E-state index contributed by atoms with van der Waals surface area (Å²) in [6.07, 6.45) is 0.823. The van der Waals surface area contributed by atoms with E-state index >= 15 is 0 Å². The van der Waals surface area contributed by atoms with E-state index in [0.717, 1.165) is 16.3 Å². The lowest BCUT2D eigenvalue weighted by atomic mass is 10.1. The summed E-state index contributed by atoms with van der Waals surface area (Å²) < 4.78 is 15.9. The van der Waals surface area contributed by atoms with Gasteiger partial charge in [0.25, 0.3) is 5.91 Å². The van der Waals surface area contributed by atoms with Crippen LogP contribution in [0.3, 0.4) is 0 Å². The number of nitrogens with zero attached hydrogens (tertiary/aromatic N) is 1. The smallest absolute Gasteiger partial charge is 0.275 e. The first-order chi connectivity index (χ1) is 11.9. The lowest BCUT2D eigenvalue weighted by Crippen LogP contribution is -2.15. The average molecular weight is 364 g/mol. The molecule has 0 radical (unpaired) electrons. The molecular formula is C18H24N2O4S. The van der Waals surface area contributed by atoms with Gasteiger partial charge in [-0.2, -0.15) is 0 Å². The summed E-state index contributed by atoms with van der Waals surface area (Å²) in [6, 6.07) is 3.39. The van der Waals surface area contributed by atoms with Gasteiger partial charge in [0, 0.05) is 22.7 Å². The lowest BCUT2D eigenvalue weighted by Gasteiger charge is -2.14. The molecule has 7 heteroatoms. The zero-order valence-electron chi connectivity index (χ0n) is 15.4. The molecule has 0 spiro atoms. The molecule has 0 aliphatic heterocycles. The van der Waals surface area contributed by atoms with Gasteiger partial charge in [0.15, 0.2) is 11.5 Å². The van der Waals surface area contributed by atoms with Crippen molar-refractivity contribution >= 4 is 22.9 Å². The second-order valence-corrected chi connectivity index (χ2v) is 7.26. The van der Waals surface area contributed by atoms with Crippen molar-refractivity contribution in [2.24, 2.45) is 5.92 Å². The van der Waals surface area contributed by atoms with Gasteiger partial charge in [0.2, 0.25) is 5.75 Å². The molecule has 1 amide bonds. The predicted octanol–water partition coefficient (Wildman–Crippen LogP) is 3.93. The molecule has 1 aromatic carbocycles. The summed E-state index contributed by atoms with van der Waals surface area (Å²) >= 11 is 1.56. The van der Waals surface area contributed by atoms with E-state index in [2.05, 4.69) is 24.1 Å². The van der Waals surface area contributed by atoms with Gasteiger partial charge in [-0.3, -0.25) is 4.79 Å². The fourth-order valence-corrected chi connectivity index (χ4v) is 3.64. The van der Waals surface area contributed by atoms with E-state index in [0.29, 0.717) is 34.5 Å². The van der Waals surface area contributed by atoms with Gasteiger partial charge in [0.1, 0.15) is 5.69 Å². The molecule has 0 aliphatic carbocycles. The number of thiazole rings is 1. The van der Waals surface area contributed by atoms with Gasteiger partial charge in [-0.15, -0.1) is 11.3 Å². The van der Waals surface area contributed by atoms with Crippen molar-refractivity contribution in [1.82, 2.24) is 4.98 Å². The Morgan fingerprint density at radius 1 is 1.16 bits per heavy atom. The maximum atomic E-state index is 12.7. The zero-order valence-corrected chi connectivity index (χ0v) is 16.2. The summed E-state index contributed by atoms with van der Waals surface area (Å²) in [4.78, 5) is 18.1. The van der Waals surface area contributed by atoms with Gasteiger partial charge in [0.05, 0.1) is 26.3 Å². The largest absolute Gasteiger partial charge is 0.493 e. The van der Waals surface area contributed by atoms with Crippen molar-refractivity contribution in [3.05, 3.63) is 27.7 Å². The number of nitrogens with one attached hydrogen (secondary N) is 1. The van der Waals surface area contributed by atoms with Gasteiger partial charge in [-0.25, -0.2) is 4.98 Å². The normalized spacial score (nSPS) is 10.7. The molecule has 0 aliphatic rings. The number of benzene rings is 1. The standard InChI is InChI=1S/C18H24N2O4S/c1-10(2)7-15-16(19-11(3)25-15)18(21)20-12-8-13(22-4)17(24-6)14(9-12)23-5/h8-10H,7H2,1-6H3,(H,20,21). The number of methoxy groups -OCH3 is 3. The molecule has 2 aromatic rings. The second-order valence-electron chi connectivity index (χ2n) is 5.97. The maximum absolute atomic E-state index is 12.7. The van der Waals surface area contributed by atoms with E-state index in [-0.39, 0.29) is 5.91 Å². The number of hydrogen-bond donors (Lipinski definition) is 1. The SMILES string of the molecule is COc1cc(NC(=O)c2nc(C)sc2CC(C)C)cc(OC)c1OC. The van der Waals surface area contributed by atoms with Crippen molar-refractivity contribution in [3.8, 4) is 17.2 Å². The Labute approximate surface area is 152 Å². The fourth-order valence-electron chi connectivity index (χ4n) is 2.50. The van der Waals surface area contributed by atoms with E-state index in [1.54, 1.807) is 23.5 Å². The summed E-state index contributed by atoms with van der Waals surface area (Å²) in [6.45, 7) is 6.15. The maximum Gasteiger partial charge on any atom is 0.275 e. The van der Waals surface area contributed by atoms with Crippen LogP contribution in [0.25, 0.3) is 0 Å². The predicted molar refractivity (Wildman–Crippen MR) is 99.4 cm³/mol. The average Bonchev–Trinajstić information content (AvgIpc) is 2.93. The fraction of sp³-hybridized carbons (Fsp3) is 0.444. The zero-order chi connectivity index (χ0) is 18.6. The third-order valence-electron chi connectivity index (χ3n) is 3.54.